The van der Waals surface area contributed by atoms with Crippen molar-refractivity contribution in [2.45, 2.75) is 13.8 Å². The van der Waals surface area contributed by atoms with Crippen molar-refractivity contribution in [1.29, 1.82) is 0 Å². The fraction of sp³-hybridized carbons (Fsp3) is 0.267. The molecule has 1 aromatic carbocycles. The molecule has 1 aromatic heterocycles. The number of nitrogens with zero attached hydrogens (tertiary/aromatic N) is 3. The van der Waals surface area contributed by atoms with Gasteiger partial charge in [0.05, 0.1) is 5.69 Å². The van der Waals surface area contributed by atoms with E-state index in [4.69, 9.17) is 4.74 Å². The van der Waals surface area contributed by atoms with Gasteiger partial charge in [-0.2, -0.15) is 5.10 Å². The maximum Gasteiger partial charge on any atom is 0.341 e. The molecule has 6 heteroatoms. The normalized spacial score (nSPS) is 10.3. The van der Waals surface area contributed by atoms with Gasteiger partial charge in [0.2, 0.25) is 0 Å². The van der Waals surface area contributed by atoms with E-state index in [-0.39, 0.29) is 11.4 Å². The Balaban J connectivity index is 2.42. The summed E-state index contributed by atoms with van der Waals surface area (Å²) < 4.78 is 5.62. The second-order valence-corrected chi connectivity index (χ2v) is 4.89. The van der Waals surface area contributed by atoms with Crippen LogP contribution in [0.15, 0.2) is 24.3 Å². The number of rotatable bonds is 4. The van der Waals surface area contributed by atoms with Crippen molar-refractivity contribution >= 4 is 11.7 Å². The third-order valence-corrected chi connectivity index (χ3v) is 3.18. The van der Waals surface area contributed by atoms with Crippen LogP contribution in [0.3, 0.4) is 0 Å². The maximum absolute atomic E-state index is 11.4. The van der Waals surface area contributed by atoms with E-state index >= 15 is 0 Å². The number of benzene rings is 1. The summed E-state index contributed by atoms with van der Waals surface area (Å²) in [5.74, 6) is -0.563. The number of carboxylic acids is 1. The lowest BCUT2D eigenvalue weighted by atomic mass is 10.1. The van der Waals surface area contributed by atoms with Crippen molar-refractivity contribution in [3.05, 3.63) is 41.1 Å². The van der Waals surface area contributed by atoms with Gasteiger partial charge in [0.1, 0.15) is 11.3 Å². The smallest absolute Gasteiger partial charge is 0.341 e. The van der Waals surface area contributed by atoms with E-state index in [1.165, 1.54) is 0 Å². The van der Waals surface area contributed by atoms with Crippen LogP contribution >= 0.6 is 0 Å². The number of aromatic carboxylic acids is 1. The quantitative estimate of drug-likeness (QED) is 0.931. The molecule has 1 heterocycles. The van der Waals surface area contributed by atoms with E-state index in [1.807, 2.05) is 37.2 Å². The van der Waals surface area contributed by atoms with Crippen LogP contribution in [0.4, 0.5) is 5.69 Å². The Labute approximate surface area is 123 Å². The highest BCUT2D eigenvalue weighted by molar-refractivity contribution is 5.92. The number of hydrogen-bond donors (Lipinski definition) is 1. The van der Waals surface area contributed by atoms with Crippen LogP contribution in [0.25, 0.3) is 0 Å². The molecular formula is C15H17N3O3. The van der Waals surface area contributed by atoms with Crippen LogP contribution in [0.1, 0.15) is 21.6 Å². The summed E-state index contributed by atoms with van der Waals surface area (Å²) in [4.78, 5) is 13.3. The first-order valence-electron chi connectivity index (χ1n) is 6.42. The summed E-state index contributed by atoms with van der Waals surface area (Å²) in [6.07, 6.45) is 0. The Morgan fingerprint density at radius 1 is 1.24 bits per heavy atom. The molecule has 0 aliphatic carbocycles. The molecule has 6 nitrogen and oxygen atoms in total. The molecule has 0 bridgehead atoms. The molecule has 0 saturated heterocycles. The molecular weight excluding hydrogens is 270 g/mol. The molecule has 0 spiro atoms. The summed E-state index contributed by atoms with van der Waals surface area (Å²) in [6.45, 7) is 3.40. The average molecular weight is 287 g/mol. The third kappa shape index (κ3) is 3.10. The number of carbonyl (C=O) groups is 1. The van der Waals surface area contributed by atoms with Gasteiger partial charge in [0.15, 0.2) is 0 Å². The SMILES string of the molecule is Cc1nnc(Oc2cccc(N(C)C)c2)c(C(=O)O)c1C. The highest BCUT2D eigenvalue weighted by atomic mass is 16.5. The molecule has 110 valence electrons. The van der Waals surface area contributed by atoms with Crippen LogP contribution < -0.4 is 9.64 Å². The predicted octanol–water partition coefficient (Wildman–Crippen LogP) is 2.65. The van der Waals surface area contributed by atoms with E-state index in [9.17, 15) is 9.90 Å². The predicted molar refractivity (Wildman–Crippen MR) is 79.3 cm³/mol. The van der Waals surface area contributed by atoms with Gasteiger partial charge < -0.3 is 14.7 Å². The molecule has 0 aliphatic heterocycles. The van der Waals surface area contributed by atoms with Gasteiger partial charge in [-0.25, -0.2) is 4.79 Å². The Bertz CT molecular complexity index is 684. The van der Waals surface area contributed by atoms with Gasteiger partial charge in [-0.05, 0) is 31.5 Å². The van der Waals surface area contributed by atoms with Crippen LogP contribution in [-0.2, 0) is 0 Å². The molecule has 0 aliphatic rings. The Hall–Kier alpha value is -2.63. The lowest BCUT2D eigenvalue weighted by molar-refractivity contribution is 0.0692. The van der Waals surface area contributed by atoms with E-state index in [0.717, 1.165) is 5.69 Å². The topological polar surface area (TPSA) is 75.6 Å². The molecule has 0 unspecified atom stereocenters. The van der Waals surface area contributed by atoms with Gasteiger partial charge in [-0.3, -0.25) is 0 Å². The Kier molecular flexibility index (Phi) is 4.07. The van der Waals surface area contributed by atoms with Gasteiger partial charge >= 0.3 is 5.97 Å². The fourth-order valence-electron chi connectivity index (χ4n) is 1.85. The molecule has 0 atom stereocenters. The molecule has 1 N–H and O–H groups in total. The van der Waals surface area contributed by atoms with E-state index in [1.54, 1.807) is 19.9 Å². The zero-order valence-electron chi connectivity index (χ0n) is 12.4. The summed E-state index contributed by atoms with van der Waals surface area (Å²) >= 11 is 0. The van der Waals surface area contributed by atoms with Crippen LogP contribution in [0, 0.1) is 13.8 Å². The Morgan fingerprint density at radius 3 is 2.57 bits per heavy atom. The minimum absolute atomic E-state index is 0.00139. The monoisotopic (exact) mass is 287 g/mol. The molecule has 0 amide bonds. The molecule has 0 radical (unpaired) electrons. The first kappa shape index (κ1) is 14.8. The van der Waals surface area contributed by atoms with E-state index in [0.29, 0.717) is 17.0 Å². The minimum Gasteiger partial charge on any atom is -0.477 e. The first-order chi connectivity index (χ1) is 9.90. The highest BCUT2D eigenvalue weighted by Crippen LogP contribution is 2.28. The lowest BCUT2D eigenvalue weighted by Crippen LogP contribution is -2.10. The fourth-order valence-corrected chi connectivity index (χ4v) is 1.85. The summed E-state index contributed by atoms with van der Waals surface area (Å²) in [7, 11) is 3.83. The van der Waals surface area contributed by atoms with Crippen molar-refractivity contribution in [2.75, 3.05) is 19.0 Å². The zero-order valence-corrected chi connectivity index (χ0v) is 12.4. The number of anilines is 1. The van der Waals surface area contributed by atoms with Crippen molar-refractivity contribution < 1.29 is 14.6 Å². The number of aromatic nitrogens is 2. The lowest BCUT2D eigenvalue weighted by Gasteiger charge is -2.14. The number of carboxylic acid groups (broad SMARTS) is 1. The molecule has 0 saturated carbocycles. The first-order valence-corrected chi connectivity index (χ1v) is 6.42. The van der Waals surface area contributed by atoms with E-state index in [2.05, 4.69) is 10.2 Å². The zero-order chi connectivity index (χ0) is 15.6. The standard InChI is InChI=1S/C15H17N3O3/c1-9-10(2)16-17-14(13(9)15(19)20)21-12-7-5-6-11(8-12)18(3)4/h5-8H,1-4H3,(H,19,20). The van der Waals surface area contributed by atoms with Crippen molar-refractivity contribution in [1.82, 2.24) is 10.2 Å². The maximum atomic E-state index is 11.4. The van der Waals surface area contributed by atoms with Crippen molar-refractivity contribution in [3.63, 3.8) is 0 Å². The second-order valence-electron chi connectivity index (χ2n) is 4.89. The minimum atomic E-state index is -1.08. The summed E-state index contributed by atoms with van der Waals surface area (Å²) in [6, 6.07) is 7.31. The number of ether oxygens (including phenoxy) is 1. The van der Waals surface area contributed by atoms with Gasteiger partial charge in [0, 0.05) is 25.8 Å². The average Bonchev–Trinajstić information content (AvgIpc) is 2.43. The largest absolute Gasteiger partial charge is 0.477 e. The highest BCUT2D eigenvalue weighted by Gasteiger charge is 2.19. The number of hydrogen-bond acceptors (Lipinski definition) is 5. The molecule has 2 rings (SSSR count). The van der Waals surface area contributed by atoms with Crippen LogP contribution in [0.5, 0.6) is 11.6 Å². The van der Waals surface area contributed by atoms with Crippen LogP contribution in [-0.4, -0.2) is 35.4 Å². The Morgan fingerprint density at radius 2 is 1.95 bits per heavy atom. The van der Waals surface area contributed by atoms with Gasteiger partial charge in [-0.1, -0.05) is 6.07 Å². The van der Waals surface area contributed by atoms with Crippen molar-refractivity contribution in [2.24, 2.45) is 0 Å². The molecule has 0 fully saturated rings. The third-order valence-electron chi connectivity index (χ3n) is 3.18. The van der Waals surface area contributed by atoms with Crippen molar-refractivity contribution in [3.8, 4) is 11.6 Å². The number of aryl methyl sites for hydroxylation is 1. The molecule has 21 heavy (non-hydrogen) atoms. The summed E-state index contributed by atoms with van der Waals surface area (Å²) in [5.41, 5.74) is 2.11. The van der Waals surface area contributed by atoms with Gasteiger partial charge in [-0.15, -0.1) is 5.10 Å². The molecule has 2 aromatic rings. The van der Waals surface area contributed by atoms with Gasteiger partial charge in [0.25, 0.3) is 5.88 Å². The second kappa shape index (κ2) is 5.78. The van der Waals surface area contributed by atoms with Crippen LogP contribution in [0.2, 0.25) is 0 Å². The van der Waals surface area contributed by atoms with E-state index < -0.39 is 5.97 Å². The summed E-state index contributed by atoms with van der Waals surface area (Å²) in [5, 5.41) is 17.1.